The van der Waals surface area contributed by atoms with Gasteiger partial charge in [0.2, 0.25) is 0 Å². The summed E-state index contributed by atoms with van der Waals surface area (Å²) >= 11 is 0. The predicted octanol–water partition coefficient (Wildman–Crippen LogP) is 6.93. The first-order valence-electron chi connectivity index (χ1n) is 9.07. The molecule has 2 atom stereocenters. The monoisotopic (exact) mass is 374 g/mol. The Morgan fingerprint density at radius 3 is 1.77 bits per heavy atom. The van der Waals surface area contributed by atoms with Crippen LogP contribution in [0.3, 0.4) is 0 Å². The summed E-state index contributed by atoms with van der Waals surface area (Å²) in [4.78, 5) is 0. The van der Waals surface area contributed by atoms with E-state index in [1.165, 1.54) is 55.7 Å². The van der Waals surface area contributed by atoms with Crippen molar-refractivity contribution in [1.29, 1.82) is 0 Å². The van der Waals surface area contributed by atoms with E-state index in [9.17, 15) is 0 Å². The van der Waals surface area contributed by atoms with Crippen molar-refractivity contribution < 1.29 is 0 Å². The molecule has 4 rings (SSSR count). The first-order chi connectivity index (χ1) is 12.6. The molecule has 0 amide bonds. The number of hydrogen-bond donors (Lipinski definition) is 0. The Morgan fingerprint density at radius 2 is 1.15 bits per heavy atom. The van der Waals surface area contributed by atoms with Crippen molar-refractivity contribution in [2.24, 2.45) is 0 Å². The molecule has 2 unspecified atom stereocenters. The third kappa shape index (κ3) is 2.96. The smallest absolute Gasteiger partial charge is 0.00934 e. The molecule has 3 aromatic rings. The molecule has 0 bridgehead atoms. The van der Waals surface area contributed by atoms with Crippen LogP contribution in [0.25, 0.3) is 27.8 Å². The fraction of sp³-hybridized carbons (Fsp3) is 0.167. The molecule has 0 heterocycles. The standard InChI is InChI=1S/C24H24P2/c1-15(2)24-22-11-17(14-26)5-9-20(22)21-10-8-19(12-23(21)24)18-6-3-16(13-25)4-7-18/h3-12H,13-14,25-26H2,1-2H3. The van der Waals surface area contributed by atoms with E-state index >= 15 is 0 Å². The first kappa shape index (κ1) is 17.7. The van der Waals surface area contributed by atoms with Crippen molar-refractivity contribution in [3.8, 4) is 22.3 Å². The van der Waals surface area contributed by atoms with Gasteiger partial charge in [-0.2, -0.15) is 0 Å². The average molecular weight is 374 g/mol. The van der Waals surface area contributed by atoms with Crippen LogP contribution in [0.5, 0.6) is 0 Å². The molecule has 0 saturated heterocycles. The summed E-state index contributed by atoms with van der Waals surface area (Å²) in [6.45, 7) is 4.45. The third-order valence-corrected chi connectivity index (χ3v) is 6.13. The zero-order chi connectivity index (χ0) is 18.3. The number of allylic oxidation sites excluding steroid dienone is 1. The molecular formula is C24H24P2. The van der Waals surface area contributed by atoms with Crippen molar-refractivity contribution >= 4 is 24.1 Å². The number of hydrogen-bond acceptors (Lipinski definition) is 0. The van der Waals surface area contributed by atoms with E-state index < -0.39 is 0 Å². The van der Waals surface area contributed by atoms with Gasteiger partial charge >= 0.3 is 0 Å². The van der Waals surface area contributed by atoms with Crippen LogP contribution < -0.4 is 0 Å². The lowest BCUT2D eigenvalue weighted by molar-refractivity contribution is 1.37. The van der Waals surface area contributed by atoms with E-state index in [1.54, 1.807) is 0 Å². The first-order valence-corrected chi connectivity index (χ1v) is 10.7. The van der Waals surface area contributed by atoms with Crippen molar-refractivity contribution in [1.82, 2.24) is 0 Å². The maximum Gasteiger partial charge on any atom is -0.00934 e. The third-order valence-electron chi connectivity index (χ3n) is 5.19. The van der Waals surface area contributed by atoms with Crippen molar-refractivity contribution in [3.05, 3.63) is 88.5 Å². The molecule has 1 aliphatic carbocycles. The van der Waals surface area contributed by atoms with Gasteiger partial charge in [-0.25, -0.2) is 0 Å². The van der Waals surface area contributed by atoms with Gasteiger partial charge < -0.3 is 0 Å². The van der Waals surface area contributed by atoms with Gasteiger partial charge in [0.1, 0.15) is 0 Å². The van der Waals surface area contributed by atoms with E-state index in [2.05, 4.69) is 93.0 Å². The Labute approximate surface area is 161 Å². The second-order valence-corrected chi connectivity index (χ2v) is 7.94. The quantitative estimate of drug-likeness (QED) is 0.341. The van der Waals surface area contributed by atoms with Crippen molar-refractivity contribution in [3.63, 3.8) is 0 Å². The summed E-state index contributed by atoms with van der Waals surface area (Å²) in [5, 5.41) is 0. The lowest BCUT2D eigenvalue weighted by atomic mass is 9.95. The van der Waals surface area contributed by atoms with Gasteiger partial charge in [-0.05, 0) is 82.3 Å². The van der Waals surface area contributed by atoms with Gasteiger partial charge in [0.25, 0.3) is 0 Å². The van der Waals surface area contributed by atoms with Gasteiger partial charge in [-0.3, -0.25) is 0 Å². The summed E-state index contributed by atoms with van der Waals surface area (Å²) in [7, 11) is 5.62. The minimum atomic E-state index is 0.993. The summed E-state index contributed by atoms with van der Waals surface area (Å²) in [6.07, 6.45) is 1.99. The molecule has 0 aliphatic heterocycles. The zero-order valence-electron chi connectivity index (χ0n) is 15.3. The van der Waals surface area contributed by atoms with Crippen LogP contribution in [-0.2, 0) is 12.3 Å². The largest absolute Gasteiger partial charge is 0.133 e. The molecule has 1 aliphatic rings. The number of rotatable bonds is 3. The summed E-state index contributed by atoms with van der Waals surface area (Å²) in [5.74, 6) is 0. The van der Waals surface area contributed by atoms with Crippen LogP contribution in [-0.4, -0.2) is 0 Å². The highest BCUT2D eigenvalue weighted by molar-refractivity contribution is 7.15. The lowest BCUT2D eigenvalue weighted by Gasteiger charge is -2.09. The fourth-order valence-corrected chi connectivity index (χ4v) is 4.37. The van der Waals surface area contributed by atoms with Gasteiger partial charge in [0.05, 0.1) is 0 Å². The van der Waals surface area contributed by atoms with Crippen LogP contribution in [0.2, 0.25) is 0 Å². The van der Waals surface area contributed by atoms with Gasteiger partial charge in [0.15, 0.2) is 0 Å². The molecule has 3 aromatic carbocycles. The van der Waals surface area contributed by atoms with Crippen LogP contribution >= 0.6 is 18.5 Å². The molecule has 26 heavy (non-hydrogen) atoms. The molecule has 0 radical (unpaired) electrons. The fourth-order valence-electron chi connectivity index (χ4n) is 3.84. The van der Waals surface area contributed by atoms with E-state index in [1.807, 2.05) is 0 Å². The molecule has 0 spiro atoms. The van der Waals surface area contributed by atoms with E-state index in [-0.39, 0.29) is 0 Å². The average Bonchev–Trinajstić information content (AvgIpc) is 3.00. The molecular weight excluding hydrogens is 350 g/mol. The Kier molecular flexibility index (Phi) is 4.83. The highest BCUT2D eigenvalue weighted by Gasteiger charge is 2.24. The topological polar surface area (TPSA) is 0 Å². The summed E-state index contributed by atoms with van der Waals surface area (Å²) in [6, 6.07) is 22.7. The molecule has 0 N–H and O–H groups in total. The van der Waals surface area contributed by atoms with E-state index in [0.29, 0.717) is 0 Å². The van der Waals surface area contributed by atoms with Crippen molar-refractivity contribution in [2.45, 2.75) is 26.2 Å². The molecule has 0 fully saturated rings. The van der Waals surface area contributed by atoms with Crippen molar-refractivity contribution in [2.75, 3.05) is 0 Å². The maximum atomic E-state index is 2.83. The second-order valence-electron chi connectivity index (χ2n) is 7.12. The molecule has 0 aromatic heterocycles. The van der Waals surface area contributed by atoms with Gasteiger partial charge in [-0.15, -0.1) is 18.5 Å². The predicted molar refractivity (Wildman–Crippen MR) is 122 cm³/mol. The highest BCUT2D eigenvalue weighted by Crippen LogP contribution is 2.47. The highest BCUT2D eigenvalue weighted by atomic mass is 31.0. The van der Waals surface area contributed by atoms with Crippen LogP contribution in [0.1, 0.15) is 36.1 Å². The van der Waals surface area contributed by atoms with Crippen LogP contribution in [0.4, 0.5) is 0 Å². The van der Waals surface area contributed by atoms with E-state index in [0.717, 1.165) is 12.3 Å². The SMILES string of the molecule is CC(C)=C1c2cc(CP)ccc2-c2ccc(-c3ccc(CP)cc3)cc21. The normalized spacial score (nSPS) is 12.1. The van der Waals surface area contributed by atoms with Gasteiger partial charge in [0, 0.05) is 0 Å². The molecule has 130 valence electrons. The maximum absolute atomic E-state index is 2.83. The Bertz CT molecular complexity index is 1010. The Balaban J connectivity index is 1.87. The minimum Gasteiger partial charge on any atom is -0.133 e. The minimum absolute atomic E-state index is 0.993. The summed E-state index contributed by atoms with van der Waals surface area (Å²) < 4.78 is 0. The van der Waals surface area contributed by atoms with Crippen LogP contribution in [0, 0.1) is 0 Å². The second kappa shape index (κ2) is 7.11. The van der Waals surface area contributed by atoms with Gasteiger partial charge in [-0.1, -0.05) is 60.2 Å². The number of benzene rings is 3. The Morgan fingerprint density at radius 1 is 0.615 bits per heavy atom. The summed E-state index contributed by atoms with van der Waals surface area (Å²) in [5.41, 5.74) is 13.5. The lowest BCUT2D eigenvalue weighted by Crippen LogP contribution is -1.87. The molecule has 2 heteroatoms. The van der Waals surface area contributed by atoms with Crippen LogP contribution in [0.15, 0.2) is 66.2 Å². The number of fused-ring (bicyclic) bond motifs is 3. The molecule has 0 saturated carbocycles. The van der Waals surface area contributed by atoms with E-state index in [4.69, 9.17) is 0 Å². The zero-order valence-corrected chi connectivity index (χ0v) is 17.7. The Hall–Kier alpha value is -1.74. The molecule has 0 nitrogen and oxygen atoms in total.